The third-order valence-corrected chi connectivity index (χ3v) is 3.34. The third kappa shape index (κ3) is 3.72. The van der Waals surface area contributed by atoms with Gasteiger partial charge >= 0.3 is 6.09 Å². The molecule has 1 aromatic rings. The van der Waals surface area contributed by atoms with Crippen molar-refractivity contribution in [1.82, 2.24) is 4.90 Å². The summed E-state index contributed by atoms with van der Waals surface area (Å²) >= 11 is 3.35. The molecule has 0 bridgehead atoms. The van der Waals surface area contributed by atoms with Gasteiger partial charge in [0.05, 0.1) is 13.2 Å². The summed E-state index contributed by atoms with van der Waals surface area (Å²) in [5, 5.41) is 0. The quantitative estimate of drug-likeness (QED) is 0.785. The number of benzene rings is 1. The minimum Gasteiger partial charge on any atom is -0.428 e. The zero-order valence-electron chi connectivity index (χ0n) is 10.3. The van der Waals surface area contributed by atoms with Gasteiger partial charge in [0, 0.05) is 23.1 Å². The largest absolute Gasteiger partial charge is 0.428 e. The molecule has 4 nitrogen and oxygen atoms in total. The first-order valence-corrected chi connectivity index (χ1v) is 6.75. The highest BCUT2D eigenvalue weighted by Crippen LogP contribution is 2.20. The molecule has 1 amide bonds. The van der Waals surface area contributed by atoms with Crippen LogP contribution in [0.4, 0.5) is 4.79 Å². The van der Waals surface area contributed by atoms with Gasteiger partial charge < -0.3 is 14.4 Å². The van der Waals surface area contributed by atoms with Crippen LogP contribution in [-0.4, -0.2) is 37.3 Å². The Morgan fingerprint density at radius 1 is 1.37 bits per heavy atom. The Morgan fingerprint density at radius 2 is 2.00 bits per heavy atom. The molecule has 1 saturated heterocycles. The van der Waals surface area contributed by atoms with Crippen molar-refractivity contribution in [3.63, 3.8) is 0 Å². The van der Waals surface area contributed by atoms with Gasteiger partial charge in [0.1, 0.15) is 0 Å². The minimum absolute atomic E-state index is 0.394. The number of ether oxygens (including phenoxy) is 2. The van der Waals surface area contributed by atoms with E-state index in [1.807, 2.05) is 24.3 Å². The number of hydrogen-bond donors (Lipinski definition) is 0. The van der Waals surface area contributed by atoms with Gasteiger partial charge in [0.15, 0.2) is 6.10 Å². The van der Waals surface area contributed by atoms with Gasteiger partial charge in [-0.3, -0.25) is 0 Å². The Kier molecular flexibility index (Phi) is 4.83. The van der Waals surface area contributed by atoms with E-state index in [0.717, 1.165) is 10.0 Å². The zero-order valence-corrected chi connectivity index (χ0v) is 11.9. The molecule has 1 atom stereocenters. The van der Waals surface area contributed by atoms with Crippen LogP contribution in [0, 0.1) is 12.3 Å². The van der Waals surface area contributed by atoms with Crippen LogP contribution in [-0.2, 0) is 9.47 Å². The summed E-state index contributed by atoms with van der Waals surface area (Å²) in [4.78, 5) is 13.6. The van der Waals surface area contributed by atoms with E-state index in [4.69, 9.17) is 15.9 Å². The predicted octanol–water partition coefficient (Wildman–Crippen LogP) is 2.59. The number of carbonyl (C=O) groups excluding carboxylic acids is 1. The Balaban J connectivity index is 2.00. The highest BCUT2D eigenvalue weighted by Gasteiger charge is 2.21. The lowest BCUT2D eigenvalue weighted by atomic mass is 10.1. The van der Waals surface area contributed by atoms with E-state index in [1.165, 1.54) is 0 Å². The van der Waals surface area contributed by atoms with Crippen LogP contribution >= 0.6 is 15.9 Å². The number of nitrogens with zero attached hydrogens (tertiary/aromatic N) is 1. The van der Waals surface area contributed by atoms with Crippen molar-refractivity contribution in [2.45, 2.75) is 6.10 Å². The fourth-order valence-corrected chi connectivity index (χ4v) is 2.02. The van der Waals surface area contributed by atoms with Crippen molar-refractivity contribution >= 4 is 22.0 Å². The molecule has 1 heterocycles. The second-order valence-electron chi connectivity index (χ2n) is 4.08. The molecule has 0 aromatic heterocycles. The van der Waals surface area contributed by atoms with Gasteiger partial charge in [-0.05, 0) is 12.1 Å². The lowest BCUT2D eigenvalue weighted by Crippen LogP contribution is -2.41. The van der Waals surface area contributed by atoms with Crippen LogP contribution in [0.1, 0.15) is 11.7 Å². The second-order valence-corrected chi connectivity index (χ2v) is 5.00. The van der Waals surface area contributed by atoms with Crippen molar-refractivity contribution < 1.29 is 14.3 Å². The number of morpholine rings is 1. The van der Waals surface area contributed by atoms with Gasteiger partial charge in [0.2, 0.25) is 0 Å². The maximum absolute atomic E-state index is 12.0. The van der Waals surface area contributed by atoms with Crippen LogP contribution in [0.5, 0.6) is 0 Å². The molecule has 0 radical (unpaired) electrons. The first kappa shape index (κ1) is 13.9. The Hall–Kier alpha value is -1.51. The highest BCUT2D eigenvalue weighted by atomic mass is 79.9. The normalized spacial score (nSPS) is 16.5. The van der Waals surface area contributed by atoms with Gasteiger partial charge in [0.25, 0.3) is 0 Å². The van der Waals surface area contributed by atoms with Gasteiger partial charge in [-0.15, -0.1) is 6.42 Å². The number of amides is 1. The van der Waals surface area contributed by atoms with E-state index >= 15 is 0 Å². The summed E-state index contributed by atoms with van der Waals surface area (Å²) in [6.45, 7) is 2.15. The van der Waals surface area contributed by atoms with Crippen molar-refractivity contribution in [2.24, 2.45) is 0 Å². The van der Waals surface area contributed by atoms with Crippen LogP contribution in [0.2, 0.25) is 0 Å². The maximum Gasteiger partial charge on any atom is 0.411 e. The summed E-state index contributed by atoms with van der Waals surface area (Å²) in [5.74, 6) is 2.49. The maximum atomic E-state index is 12.0. The molecule has 1 aliphatic heterocycles. The number of carbonyl (C=O) groups is 1. The van der Waals surface area contributed by atoms with Crippen LogP contribution < -0.4 is 0 Å². The van der Waals surface area contributed by atoms with E-state index in [1.54, 1.807) is 4.90 Å². The van der Waals surface area contributed by atoms with Crippen molar-refractivity contribution in [3.05, 3.63) is 34.3 Å². The van der Waals surface area contributed by atoms with Crippen LogP contribution in [0.15, 0.2) is 28.7 Å². The molecule has 5 heteroatoms. The zero-order chi connectivity index (χ0) is 13.7. The van der Waals surface area contributed by atoms with Gasteiger partial charge in [-0.2, -0.15) is 0 Å². The molecule has 1 aliphatic rings. The number of rotatable bonds is 2. The molecular weight excluding hydrogens is 310 g/mol. The summed E-state index contributed by atoms with van der Waals surface area (Å²) < 4.78 is 11.5. The molecule has 0 saturated carbocycles. The third-order valence-electron chi connectivity index (χ3n) is 2.81. The van der Waals surface area contributed by atoms with Crippen LogP contribution in [0.3, 0.4) is 0 Å². The monoisotopic (exact) mass is 323 g/mol. The van der Waals surface area contributed by atoms with E-state index < -0.39 is 12.2 Å². The first-order chi connectivity index (χ1) is 9.20. The number of halogens is 1. The fraction of sp³-hybridized carbons (Fsp3) is 0.357. The SMILES string of the molecule is C#CC(OC(=O)N1CCOCC1)c1ccc(Br)cc1. The molecule has 0 spiro atoms. The van der Waals surface area contributed by atoms with Crippen LogP contribution in [0.25, 0.3) is 0 Å². The molecule has 19 heavy (non-hydrogen) atoms. The van der Waals surface area contributed by atoms with Crippen molar-refractivity contribution in [3.8, 4) is 12.3 Å². The second kappa shape index (κ2) is 6.60. The summed E-state index contributed by atoms with van der Waals surface area (Å²) in [6.07, 6.45) is 4.38. The molecule has 2 rings (SSSR count). The minimum atomic E-state index is -0.663. The number of terminal acetylenes is 1. The average Bonchev–Trinajstić information content (AvgIpc) is 2.46. The highest BCUT2D eigenvalue weighted by molar-refractivity contribution is 9.10. The molecule has 1 aromatic carbocycles. The van der Waals surface area contributed by atoms with Gasteiger partial charge in [-0.25, -0.2) is 4.79 Å². The van der Waals surface area contributed by atoms with Gasteiger partial charge in [-0.1, -0.05) is 34.0 Å². The first-order valence-electron chi connectivity index (χ1n) is 5.95. The smallest absolute Gasteiger partial charge is 0.411 e. The topological polar surface area (TPSA) is 38.8 Å². The van der Waals surface area contributed by atoms with E-state index in [-0.39, 0.29) is 0 Å². The van der Waals surface area contributed by atoms with E-state index in [2.05, 4.69) is 21.9 Å². The Bertz CT molecular complexity index is 474. The lowest BCUT2D eigenvalue weighted by molar-refractivity contribution is 0.0203. The van der Waals surface area contributed by atoms with Crippen molar-refractivity contribution in [1.29, 1.82) is 0 Å². The average molecular weight is 324 g/mol. The summed E-state index contributed by atoms with van der Waals surface area (Å²) in [5.41, 5.74) is 0.785. The lowest BCUT2D eigenvalue weighted by Gasteiger charge is -2.27. The van der Waals surface area contributed by atoms with E-state index in [9.17, 15) is 4.79 Å². The number of hydrogen-bond acceptors (Lipinski definition) is 3. The Morgan fingerprint density at radius 3 is 2.58 bits per heavy atom. The molecule has 1 fully saturated rings. The molecule has 100 valence electrons. The predicted molar refractivity (Wildman–Crippen MR) is 74.6 cm³/mol. The van der Waals surface area contributed by atoms with E-state index in [0.29, 0.717) is 26.3 Å². The molecule has 1 unspecified atom stereocenters. The summed E-state index contributed by atoms with van der Waals surface area (Å²) in [7, 11) is 0. The van der Waals surface area contributed by atoms with Crippen molar-refractivity contribution in [2.75, 3.05) is 26.3 Å². The fourth-order valence-electron chi connectivity index (χ4n) is 1.76. The Labute approximate surface area is 120 Å². The summed E-state index contributed by atoms with van der Waals surface area (Å²) in [6, 6.07) is 7.40. The molecule has 0 aliphatic carbocycles. The standard InChI is InChI=1S/C14H14BrNO3/c1-2-13(11-3-5-12(15)6-4-11)19-14(17)16-7-9-18-10-8-16/h1,3-6,13H,7-10H2. The molecular formula is C14H14BrNO3. The molecule has 0 N–H and O–H groups in total.